The van der Waals surface area contributed by atoms with E-state index in [-0.39, 0.29) is 16.3 Å². The highest BCUT2D eigenvalue weighted by Crippen LogP contribution is 2.15. The van der Waals surface area contributed by atoms with E-state index < -0.39 is 15.9 Å². The van der Waals surface area contributed by atoms with Crippen LogP contribution in [0.4, 0.5) is 0 Å². The second kappa shape index (κ2) is 5.96. The summed E-state index contributed by atoms with van der Waals surface area (Å²) >= 11 is 0. The second-order valence-corrected chi connectivity index (χ2v) is 5.53. The Morgan fingerprint density at radius 2 is 2.11 bits per heavy atom. The molecular formula is C10H18N4O3S. The van der Waals surface area contributed by atoms with Crippen LogP contribution in [0.2, 0.25) is 0 Å². The number of unbranched alkanes of at least 4 members (excludes halogenated alkanes) is 2. The first-order chi connectivity index (χ1) is 8.38. The molecule has 0 aliphatic heterocycles. The lowest BCUT2D eigenvalue weighted by molar-refractivity contribution is 0.0944. The number of primary sulfonamides is 1. The number of H-pyrrole nitrogens is 1. The zero-order valence-electron chi connectivity index (χ0n) is 10.5. The minimum atomic E-state index is -3.96. The largest absolute Gasteiger partial charge is 0.351 e. The summed E-state index contributed by atoms with van der Waals surface area (Å²) in [6.07, 6.45) is 2.89. The minimum Gasteiger partial charge on any atom is -0.351 e. The van der Waals surface area contributed by atoms with Crippen molar-refractivity contribution in [3.63, 3.8) is 0 Å². The molecule has 7 nitrogen and oxygen atoms in total. The molecule has 102 valence electrons. The molecule has 0 aromatic carbocycles. The normalized spacial score (nSPS) is 11.5. The minimum absolute atomic E-state index is 0.175. The van der Waals surface area contributed by atoms with Crippen LogP contribution < -0.4 is 10.5 Å². The van der Waals surface area contributed by atoms with Crippen LogP contribution in [0.15, 0.2) is 4.90 Å². The molecule has 8 heteroatoms. The number of nitrogens with zero attached hydrogens (tertiary/aromatic N) is 1. The first kappa shape index (κ1) is 14.7. The maximum atomic E-state index is 11.8. The number of aromatic nitrogens is 2. The second-order valence-electron chi connectivity index (χ2n) is 4.03. The molecule has 1 amide bonds. The molecule has 0 atom stereocenters. The fourth-order valence-electron chi connectivity index (χ4n) is 1.58. The Balaban J connectivity index is 2.81. The molecule has 0 unspecified atom stereocenters. The molecule has 0 radical (unpaired) electrons. The van der Waals surface area contributed by atoms with Gasteiger partial charge in [0.2, 0.25) is 10.0 Å². The smallest absolute Gasteiger partial charge is 0.273 e. The van der Waals surface area contributed by atoms with E-state index in [1.165, 1.54) is 6.92 Å². The van der Waals surface area contributed by atoms with Gasteiger partial charge >= 0.3 is 0 Å². The predicted molar refractivity (Wildman–Crippen MR) is 66.6 cm³/mol. The Labute approximate surface area is 106 Å². The lowest BCUT2D eigenvalue weighted by Gasteiger charge is -2.04. The van der Waals surface area contributed by atoms with Crippen LogP contribution in [0.25, 0.3) is 0 Å². The van der Waals surface area contributed by atoms with Crippen molar-refractivity contribution in [2.45, 2.75) is 38.0 Å². The zero-order valence-corrected chi connectivity index (χ0v) is 11.3. The van der Waals surface area contributed by atoms with Crippen molar-refractivity contribution in [3.05, 3.63) is 11.4 Å². The fourth-order valence-corrected chi connectivity index (χ4v) is 2.46. The quantitative estimate of drug-likeness (QED) is 0.646. The number of carbonyl (C=O) groups is 1. The summed E-state index contributed by atoms with van der Waals surface area (Å²) in [6, 6.07) is 0. The standard InChI is InChI=1S/C10H18N4O3S/c1-3-4-5-6-12-10(15)8-9(18(11,16)17)7(2)13-14-8/h3-6H2,1-2H3,(H,12,15)(H,13,14)(H2,11,16,17). The maximum Gasteiger partial charge on any atom is 0.273 e. The highest BCUT2D eigenvalue weighted by atomic mass is 32.2. The number of aryl methyl sites for hydroxylation is 1. The number of carbonyl (C=O) groups excluding carboxylic acids is 1. The molecule has 0 saturated heterocycles. The summed E-state index contributed by atoms with van der Waals surface area (Å²) in [5.74, 6) is -0.528. The van der Waals surface area contributed by atoms with Crippen molar-refractivity contribution < 1.29 is 13.2 Å². The van der Waals surface area contributed by atoms with Gasteiger partial charge in [0.15, 0.2) is 5.69 Å². The zero-order chi connectivity index (χ0) is 13.8. The Morgan fingerprint density at radius 1 is 1.44 bits per heavy atom. The number of aromatic amines is 1. The molecule has 1 aromatic rings. The molecule has 1 aromatic heterocycles. The van der Waals surface area contributed by atoms with Gasteiger partial charge in [0.05, 0.1) is 5.69 Å². The van der Waals surface area contributed by atoms with Gasteiger partial charge in [0, 0.05) is 6.54 Å². The molecule has 0 saturated carbocycles. The van der Waals surface area contributed by atoms with E-state index in [2.05, 4.69) is 22.4 Å². The predicted octanol–water partition coefficient (Wildman–Crippen LogP) is 0.286. The van der Waals surface area contributed by atoms with Crippen LogP contribution in [-0.4, -0.2) is 31.1 Å². The number of nitrogens with two attached hydrogens (primary N) is 1. The van der Waals surface area contributed by atoms with Gasteiger partial charge in [-0.25, -0.2) is 13.6 Å². The Kier molecular flexibility index (Phi) is 4.85. The number of amides is 1. The number of nitrogens with one attached hydrogen (secondary N) is 2. The van der Waals surface area contributed by atoms with E-state index in [0.717, 1.165) is 19.3 Å². The van der Waals surface area contributed by atoms with Gasteiger partial charge in [-0.1, -0.05) is 19.8 Å². The first-order valence-electron chi connectivity index (χ1n) is 5.74. The number of rotatable bonds is 6. The highest BCUT2D eigenvalue weighted by molar-refractivity contribution is 7.89. The van der Waals surface area contributed by atoms with E-state index in [1.807, 2.05) is 0 Å². The summed E-state index contributed by atoms with van der Waals surface area (Å²) in [4.78, 5) is 11.5. The van der Waals surface area contributed by atoms with Crippen molar-refractivity contribution in [1.82, 2.24) is 15.5 Å². The molecular weight excluding hydrogens is 256 g/mol. The van der Waals surface area contributed by atoms with Crippen LogP contribution in [0.5, 0.6) is 0 Å². The molecule has 18 heavy (non-hydrogen) atoms. The molecule has 0 fully saturated rings. The maximum absolute atomic E-state index is 11.8. The van der Waals surface area contributed by atoms with Gasteiger partial charge in [-0.05, 0) is 13.3 Å². The summed E-state index contributed by atoms with van der Waals surface area (Å²) < 4.78 is 22.7. The van der Waals surface area contributed by atoms with Crippen LogP contribution in [0.3, 0.4) is 0 Å². The Bertz CT molecular complexity index is 521. The number of hydrogen-bond acceptors (Lipinski definition) is 4. The molecule has 0 spiro atoms. The lowest BCUT2D eigenvalue weighted by atomic mass is 10.2. The summed E-state index contributed by atoms with van der Waals surface area (Å²) in [7, 11) is -3.96. The van der Waals surface area contributed by atoms with Gasteiger partial charge in [0.1, 0.15) is 4.90 Å². The van der Waals surface area contributed by atoms with Crippen molar-refractivity contribution in [2.75, 3.05) is 6.54 Å². The SMILES string of the molecule is CCCCCNC(=O)c1n[nH]c(C)c1S(N)(=O)=O. The first-order valence-corrected chi connectivity index (χ1v) is 7.28. The molecule has 0 aliphatic carbocycles. The summed E-state index contributed by atoms with van der Waals surface area (Å²) in [5.41, 5.74) is 0.0858. The molecule has 1 heterocycles. The topological polar surface area (TPSA) is 118 Å². The molecule has 4 N–H and O–H groups in total. The monoisotopic (exact) mass is 274 g/mol. The summed E-state index contributed by atoms with van der Waals surface area (Å²) in [6.45, 7) is 4.04. The van der Waals surface area contributed by atoms with Crippen LogP contribution >= 0.6 is 0 Å². The van der Waals surface area contributed by atoms with Crippen molar-refractivity contribution in [3.8, 4) is 0 Å². The number of hydrogen-bond donors (Lipinski definition) is 3. The van der Waals surface area contributed by atoms with E-state index in [0.29, 0.717) is 6.54 Å². The third-order valence-electron chi connectivity index (χ3n) is 2.46. The van der Waals surface area contributed by atoms with E-state index in [9.17, 15) is 13.2 Å². The Hall–Kier alpha value is -1.41. The molecule has 1 rings (SSSR count). The average Bonchev–Trinajstić information content (AvgIpc) is 2.66. The Morgan fingerprint density at radius 3 is 2.67 bits per heavy atom. The number of sulfonamides is 1. The van der Waals surface area contributed by atoms with Crippen molar-refractivity contribution in [2.24, 2.45) is 5.14 Å². The third-order valence-corrected chi connectivity index (χ3v) is 3.53. The molecule has 0 aliphatic rings. The van der Waals surface area contributed by atoms with E-state index in [1.54, 1.807) is 0 Å². The summed E-state index contributed by atoms with van der Waals surface area (Å²) in [5, 5.41) is 13.8. The highest BCUT2D eigenvalue weighted by Gasteiger charge is 2.25. The van der Waals surface area contributed by atoms with E-state index >= 15 is 0 Å². The van der Waals surface area contributed by atoms with Gasteiger partial charge in [0.25, 0.3) is 5.91 Å². The van der Waals surface area contributed by atoms with Gasteiger partial charge in [-0.2, -0.15) is 5.10 Å². The lowest BCUT2D eigenvalue weighted by Crippen LogP contribution is -2.27. The van der Waals surface area contributed by atoms with Gasteiger partial charge in [-0.15, -0.1) is 0 Å². The van der Waals surface area contributed by atoms with Crippen molar-refractivity contribution in [1.29, 1.82) is 0 Å². The van der Waals surface area contributed by atoms with E-state index in [4.69, 9.17) is 5.14 Å². The van der Waals surface area contributed by atoms with Gasteiger partial charge in [-0.3, -0.25) is 9.89 Å². The third kappa shape index (κ3) is 3.54. The van der Waals surface area contributed by atoms with Crippen LogP contribution in [-0.2, 0) is 10.0 Å². The van der Waals surface area contributed by atoms with Crippen molar-refractivity contribution >= 4 is 15.9 Å². The average molecular weight is 274 g/mol. The van der Waals surface area contributed by atoms with Gasteiger partial charge < -0.3 is 5.32 Å². The van der Waals surface area contributed by atoms with Crippen LogP contribution in [0, 0.1) is 6.92 Å². The van der Waals surface area contributed by atoms with Crippen LogP contribution in [0.1, 0.15) is 42.4 Å². The fraction of sp³-hybridized carbons (Fsp3) is 0.600. The molecule has 0 bridgehead atoms.